The monoisotopic (exact) mass is 240 g/mol. The zero-order valence-corrected chi connectivity index (χ0v) is 11.4. The number of hydrogen-bond donors (Lipinski definition) is 0. The van der Waals surface area contributed by atoms with Crippen LogP contribution in [-0.2, 0) is 0 Å². The highest BCUT2D eigenvalue weighted by Crippen LogP contribution is 2.08. The summed E-state index contributed by atoms with van der Waals surface area (Å²) in [7, 11) is 0. The summed E-state index contributed by atoms with van der Waals surface area (Å²) in [5, 5.41) is 2.80. The average molecular weight is 240 g/mol. The fourth-order valence-electron chi connectivity index (χ4n) is 1.78. The molecule has 0 fully saturated rings. The number of hydrogen-bond acceptors (Lipinski definition) is 3. The van der Waals surface area contributed by atoms with Crippen LogP contribution in [-0.4, -0.2) is 19.3 Å². The van der Waals surface area contributed by atoms with Crippen LogP contribution in [0.2, 0.25) is 0 Å². The van der Waals surface area contributed by atoms with Gasteiger partial charge in [0.1, 0.15) is 0 Å². The number of nitroso groups, excluding NO2 is 1. The summed E-state index contributed by atoms with van der Waals surface area (Å²) in [4.78, 5) is 14.0. The molecule has 0 aliphatic rings. The SMILES string of the molecule is CCCCCCCCCCC=NCCCN=O. The summed E-state index contributed by atoms with van der Waals surface area (Å²) in [6.07, 6.45) is 14.7. The summed E-state index contributed by atoms with van der Waals surface area (Å²) < 4.78 is 0. The normalized spacial score (nSPS) is 11.1. The Morgan fingerprint density at radius 3 is 2.12 bits per heavy atom. The Morgan fingerprint density at radius 2 is 1.47 bits per heavy atom. The molecule has 0 N–H and O–H groups in total. The van der Waals surface area contributed by atoms with Crippen molar-refractivity contribution in [2.75, 3.05) is 13.1 Å². The Balaban J connectivity index is 3.00. The lowest BCUT2D eigenvalue weighted by molar-refractivity contribution is 0.580. The maximum atomic E-state index is 9.80. The highest BCUT2D eigenvalue weighted by molar-refractivity contribution is 5.56. The molecule has 0 atom stereocenters. The number of nitrogens with zero attached hydrogens (tertiary/aromatic N) is 2. The molecule has 0 saturated carbocycles. The molecule has 0 heterocycles. The molecule has 0 aromatic heterocycles. The van der Waals surface area contributed by atoms with E-state index >= 15 is 0 Å². The molecule has 0 amide bonds. The van der Waals surface area contributed by atoms with Crippen molar-refractivity contribution >= 4 is 6.21 Å². The van der Waals surface area contributed by atoms with Crippen molar-refractivity contribution in [3.8, 4) is 0 Å². The van der Waals surface area contributed by atoms with Crippen LogP contribution in [0.5, 0.6) is 0 Å². The van der Waals surface area contributed by atoms with Crippen LogP contribution in [0.4, 0.5) is 0 Å². The molecule has 100 valence electrons. The maximum Gasteiger partial charge on any atom is 0.0828 e. The molecule has 0 aliphatic carbocycles. The second kappa shape index (κ2) is 15.3. The number of rotatable bonds is 13. The molecule has 0 spiro atoms. The van der Waals surface area contributed by atoms with Crippen LogP contribution in [0.25, 0.3) is 0 Å². The molecule has 0 aromatic rings. The van der Waals surface area contributed by atoms with Gasteiger partial charge in [-0.25, -0.2) is 0 Å². The van der Waals surface area contributed by atoms with Gasteiger partial charge < -0.3 is 0 Å². The smallest absolute Gasteiger partial charge is 0.0828 e. The summed E-state index contributed by atoms with van der Waals surface area (Å²) in [5.74, 6) is 0. The van der Waals surface area contributed by atoms with Crippen molar-refractivity contribution in [2.24, 2.45) is 10.2 Å². The Bertz CT molecular complexity index is 181. The van der Waals surface area contributed by atoms with E-state index in [0.717, 1.165) is 19.4 Å². The minimum absolute atomic E-state index is 0.398. The van der Waals surface area contributed by atoms with Gasteiger partial charge in [-0.2, -0.15) is 4.91 Å². The van der Waals surface area contributed by atoms with E-state index in [1.54, 1.807) is 0 Å². The van der Waals surface area contributed by atoms with E-state index < -0.39 is 0 Å². The average Bonchev–Trinajstić information content (AvgIpc) is 2.35. The zero-order chi connectivity index (χ0) is 12.6. The predicted molar refractivity (Wildman–Crippen MR) is 75.9 cm³/mol. The standard InChI is InChI=1S/C14H28N2O/c1-2-3-4-5-6-7-8-9-10-12-15-13-11-14-16-17/h12H,2-11,13-14H2,1H3. The van der Waals surface area contributed by atoms with E-state index in [2.05, 4.69) is 17.1 Å². The molecule has 3 nitrogen and oxygen atoms in total. The lowest BCUT2D eigenvalue weighted by Crippen LogP contribution is -1.86. The molecular weight excluding hydrogens is 212 g/mol. The number of unbranched alkanes of at least 4 members (excludes halogenated alkanes) is 8. The van der Waals surface area contributed by atoms with Crippen molar-refractivity contribution in [3.63, 3.8) is 0 Å². The van der Waals surface area contributed by atoms with Crippen molar-refractivity contribution in [1.29, 1.82) is 0 Å². The van der Waals surface area contributed by atoms with E-state index in [0.29, 0.717) is 6.54 Å². The predicted octanol–water partition coefficient (Wildman–Crippen LogP) is 4.74. The van der Waals surface area contributed by atoms with Crippen molar-refractivity contribution in [3.05, 3.63) is 4.91 Å². The van der Waals surface area contributed by atoms with Crippen LogP contribution >= 0.6 is 0 Å². The summed E-state index contributed by atoms with van der Waals surface area (Å²) in [6.45, 7) is 3.41. The minimum Gasteiger partial charge on any atom is -0.297 e. The van der Waals surface area contributed by atoms with E-state index in [4.69, 9.17) is 0 Å². The van der Waals surface area contributed by atoms with E-state index in [1.807, 2.05) is 6.21 Å². The largest absolute Gasteiger partial charge is 0.297 e. The van der Waals surface area contributed by atoms with Gasteiger partial charge in [-0.15, -0.1) is 0 Å². The number of aliphatic imine (C=N–C) groups is 1. The Hall–Kier alpha value is -0.730. The third kappa shape index (κ3) is 15.3. The van der Waals surface area contributed by atoms with Gasteiger partial charge in [-0.3, -0.25) is 4.99 Å². The van der Waals surface area contributed by atoms with Gasteiger partial charge in [0, 0.05) is 6.54 Å². The maximum absolute atomic E-state index is 9.80. The molecule has 0 radical (unpaired) electrons. The molecule has 3 heteroatoms. The van der Waals surface area contributed by atoms with Crippen LogP contribution in [0.3, 0.4) is 0 Å². The van der Waals surface area contributed by atoms with Crippen molar-refractivity contribution < 1.29 is 0 Å². The van der Waals surface area contributed by atoms with Gasteiger partial charge in [-0.1, -0.05) is 57.0 Å². The van der Waals surface area contributed by atoms with E-state index in [9.17, 15) is 4.91 Å². The lowest BCUT2D eigenvalue weighted by Gasteiger charge is -1.99. The summed E-state index contributed by atoms with van der Waals surface area (Å²) in [5.41, 5.74) is 0. The minimum atomic E-state index is 0.398. The van der Waals surface area contributed by atoms with Gasteiger partial charge in [0.2, 0.25) is 0 Å². The molecule has 0 unspecified atom stereocenters. The highest BCUT2D eigenvalue weighted by Gasteiger charge is 1.90. The summed E-state index contributed by atoms with van der Waals surface area (Å²) in [6, 6.07) is 0. The zero-order valence-electron chi connectivity index (χ0n) is 11.4. The Morgan fingerprint density at radius 1 is 0.824 bits per heavy atom. The first-order valence-corrected chi connectivity index (χ1v) is 7.19. The van der Waals surface area contributed by atoms with Gasteiger partial charge >= 0.3 is 0 Å². The van der Waals surface area contributed by atoms with Crippen LogP contribution in [0, 0.1) is 4.91 Å². The first kappa shape index (κ1) is 16.3. The highest BCUT2D eigenvalue weighted by atomic mass is 16.3. The fourth-order valence-corrected chi connectivity index (χ4v) is 1.78. The third-order valence-electron chi connectivity index (χ3n) is 2.85. The second-order valence-corrected chi connectivity index (χ2v) is 4.56. The molecule has 17 heavy (non-hydrogen) atoms. The quantitative estimate of drug-likeness (QED) is 0.260. The third-order valence-corrected chi connectivity index (χ3v) is 2.85. The van der Waals surface area contributed by atoms with Crippen LogP contribution < -0.4 is 0 Å². The second-order valence-electron chi connectivity index (χ2n) is 4.56. The lowest BCUT2D eigenvalue weighted by atomic mass is 10.1. The molecule has 0 bridgehead atoms. The Labute approximate surface area is 106 Å². The first-order valence-electron chi connectivity index (χ1n) is 7.19. The van der Waals surface area contributed by atoms with E-state index in [-0.39, 0.29) is 0 Å². The van der Waals surface area contributed by atoms with Crippen molar-refractivity contribution in [2.45, 2.75) is 71.1 Å². The van der Waals surface area contributed by atoms with Crippen LogP contribution in [0.15, 0.2) is 10.2 Å². The van der Waals surface area contributed by atoms with E-state index in [1.165, 1.54) is 51.4 Å². The summed E-state index contributed by atoms with van der Waals surface area (Å²) >= 11 is 0. The van der Waals surface area contributed by atoms with Gasteiger partial charge in [-0.05, 0) is 25.5 Å². The van der Waals surface area contributed by atoms with Gasteiger partial charge in [0.05, 0.1) is 6.54 Å². The molecule has 0 aliphatic heterocycles. The molecule has 0 saturated heterocycles. The molecular formula is C14H28N2O. The fraction of sp³-hybridized carbons (Fsp3) is 0.929. The van der Waals surface area contributed by atoms with Crippen molar-refractivity contribution in [1.82, 2.24) is 0 Å². The Kier molecular flexibility index (Phi) is 14.6. The van der Waals surface area contributed by atoms with Gasteiger partial charge in [0.15, 0.2) is 0 Å². The first-order chi connectivity index (χ1) is 8.41. The van der Waals surface area contributed by atoms with Gasteiger partial charge in [0.25, 0.3) is 0 Å². The topological polar surface area (TPSA) is 41.8 Å². The molecule has 0 rings (SSSR count). The molecule has 0 aromatic carbocycles. The van der Waals surface area contributed by atoms with Crippen LogP contribution in [0.1, 0.15) is 71.1 Å².